The van der Waals surface area contributed by atoms with Crippen molar-refractivity contribution < 1.29 is 14.2 Å². The van der Waals surface area contributed by atoms with Crippen LogP contribution >= 0.6 is 24.0 Å². The Bertz CT molecular complexity index is 485. The molecule has 1 aromatic carbocycles. The smallest absolute Gasteiger partial charge is 0.191 e. The van der Waals surface area contributed by atoms with E-state index in [1.165, 1.54) is 0 Å². The van der Waals surface area contributed by atoms with E-state index in [1.54, 1.807) is 21.3 Å². The molecule has 0 aliphatic heterocycles. The summed E-state index contributed by atoms with van der Waals surface area (Å²) in [6.07, 6.45) is 1.78. The van der Waals surface area contributed by atoms with Gasteiger partial charge in [-0.3, -0.25) is 4.99 Å². The highest BCUT2D eigenvalue weighted by molar-refractivity contribution is 14.0. The van der Waals surface area contributed by atoms with E-state index in [-0.39, 0.29) is 24.0 Å². The molecule has 6 nitrogen and oxygen atoms in total. The topological polar surface area (TPSA) is 64.1 Å². The van der Waals surface area contributed by atoms with Crippen molar-refractivity contribution in [3.8, 4) is 17.2 Å². The zero-order chi connectivity index (χ0) is 17.1. The Hall–Kier alpha value is -1.38. The number of ether oxygens (including phenoxy) is 3. The minimum Gasteiger partial charge on any atom is -0.496 e. The molecule has 0 heterocycles. The predicted molar refractivity (Wildman–Crippen MR) is 109 cm³/mol. The Morgan fingerprint density at radius 2 is 1.62 bits per heavy atom. The van der Waals surface area contributed by atoms with Crippen molar-refractivity contribution in [3.05, 3.63) is 17.7 Å². The van der Waals surface area contributed by atoms with Gasteiger partial charge in [0.15, 0.2) is 5.96 Å². The van der Waals surface area contributed by atoms with Gasteiger partial charge in [-0.15, -0.1) is 24.0 Å². The lowest BCUT2D eigenvalue weighted by Crippen LogP contribution is -2.38. The van der Waals surface area contributed by atoms with Gasteiger partial charge in [-0.1, -0.05) is 6.92 Å². The largest absolute Gasteiger partial charge is 0.496 e. The van der Waals surface area contributed by atoms with E-state index in [9.17, 15) is 0 Å². The first-order valence-corrected chi connectivity index (χ1v) is 8.01. The molecule has 0 aliphatic rings. The van der Waals surface area contributed by atoms with Crippen LogP contribution in [0.3, 0.4) is 0 Å². The van der Waals surface area contributed by atoms with Gasteiger partial charge >= 0.3 is 0 Å². The van der Waals surface area contributed by atoms with Crippen LogP contribution in [-0.4, -0.2) is 46.9 Å². The van der Waals surface area contributed by atoms with Crippen LogP contribution in [0.2, 0.25) is 0 Å². The molecule has 0 unspecified atom stereocenters. The fourth-order valence-electron chi connectivity index (χ4n) is 2.20. The fraction of sp³-hybridized carbons (Fsp3) is 0.588. The maximum Gasteiger partial charge on any atom is 0.191 e. The fourth-order valence-corrected chi connectivity index (χ4v) is 2.20. The minimum absolute atomic E-state index is 0. The van der Waals surface area contributed by atoms with E-state index in [2.05, 4.69) is 29.5 Å². The van der Waals surface area contributed by atoms with Crippen molar-refractivity contribution in [1.29, 1.82) is 0 Å². The van der Waals surface area contributed by atoms with Crippen molar-refractivity contribution in [2.24, 2.45) is 4.99 Å². The number of aliphatic imine (C=N–C) groups is 1. The normalized spacial score (nSPS) is 10.6. The molecule has 0 saturated heterocycles. The van der Waals surface area contributed by atoms with E-state index in [4.69, 9.17) is 14.2 Å². The molecule has 0 amide bonds. The lowest BCUT2D eigenvalue weighted by molar-refractivity contribution is 0.368. The lowest BCUT2D eigenvalue weighted by atomic mass is 10.1. The second-order valence-corrected chi connectivity index (χ2v) is 4.95. The number of halogens is 1. The first kappa shape index (κ1) is 22.6. The minimum atomic E-state index is 0. The Labute approximate surface area is 162 Å². The van der Waals surface area contributed by atoms with Gasteiger partial charge in [-0.2, -0.15) is 0 Å². The quantitative estimate of drug-likeness (QED) is 0.344. The highest BCUT2D eigenvalue weighted by Gasteiger charge is 2.13. The number of guanidine groups is 1. The van der Waals surface area contributed by atoms with Crippen LogP contribution in [-0.2, 0) is 6.42 Å². The first-order chi connectivity index (χ1) is 11.2. The maximum atomic E-state index is 5.47. The molecule has 2 N–H and O–H groups in total. The monoisotopic (exact) mass is 451 g/mol. The van der Waals surface area contributed by atoms with Crippen molar-refractivity contribution >= 4 is 29.9 Å². The molecule has 1 rings (SSSR count). The summed E-state index contributed by atoms with van der Waals surface area (Å²) in [7, 11) is 4.93. The Kier molecular flexibility index (Phi) is 12.2. The molecule has 7 heteroatoms. The highest BCUT2D eigenvalue weighted by Crippen LogP contribution is 2.34. The second-order valence-electron chi connectivity index (χ2n) is 4.95. The Morgan fingerprint density at radius 1 is 1.00 bits per heavy atom. The summed E-state index contributed by atoms with van der Waals surface area (Å²) in [5.74, 6) is 3.08. The van der Waals surface area contributed by atoms with Gasteiger partial charge in [0.25, 0.3) is 0 Å². The molecule has 0 fully saturated rings. The van der Waals surface area contributed by atoms with Crippen molar-refractivity contribution in [3.63, 3.8) is 0 Å². The predicted octanol–water partition coefficient (Wildman–Crippen LogP) is 2.84. The average Bonchev–Trinajstić information content (AvgIpc) is 2.59. The van der Waals surface area contributed by atoms with Crippen molar-refractivity contribution in [2.45, 2.75) is 26.7 Å². The highest BCUT2D eigenvalue weighted by atomic mass is 127. The standard InChI is InChI=1S/C17H29N3O3.HI/c1-6-9-19-17(18-7-2)20-10-8-14-15(22-4)11-13(21-3)12-16(14)23-5;/h11-12H,6-10H2,1-5H3,(H2,18,19,20);1H. The van der Waals surface area contributed by atoms with Gasteiger partial charge in [0, 0.05) is 37.3 Å². The number of nitrogens with zero attached hydrogens (tertiary/aromatic N) is 1. The third kappa shape index (κ3) is 7.02. The van der Waals surface area contributed by atoms with E-state index in [1.807, 2.05) is 12.1 Å². The zero-order valence-corrected chi connectivity index (χ0v) is 17.6. The van der Waals surface area contributed by atoms with E-state index < -0.39 is 0 Å². The van der Waals surface area contributed by atoms with E-state index >= 15 is 0 Å². The summed E-state index contributed by atoms with van der Waals surface area (Å²) in [5.41, 5.74) is 1.01. The van der Waals surface area contributed by atoms with Gasteiger partial charge in [-0.05, 0) is 19.8 Å². The van der Waals surface area contributed by atoms with Crippen LogP contribution in [0.15, 0.2) is 17.1 Å². The van der Waals surface area contributed by atoms with E-state index in [0.717, 1.165) is 55.5 Å². The van der Waals surface area contributed by atoms with Crippen LogP contribution < -0.4 is 24.8 Å². The third-order valence-corrected chi connectivity index (χ3v) is 3.32. The van der Waals surface area contributed by atoms with Crippen LogP contribution in [0.4, 0.5) is 0 Å². The molecule has 0 aliphatic carbocycles. The molecule has 1 aromatic rings. The first-order valence-electron chi connectivity index (χ1n) is 8.01. The lowest BCUT2D eigenvalue weighted by Gasteiger charge is -2.16. The number of methoxy groups -OCH3 is 3. The van der Waals surface area contributed by atoms with Crippen molar-refractivity contribution in [2.75, 3.05) is 41.0 Å². The van der Waals surface area contributed by atoms with Crippen LogP contribution in [0.25, 0.3) is 0 Å². The molecule has 0 atom stereocenters. The van der Waals surface area contributed by atoms with Gasteiger partial charge < -0.3 is 24.8 Å². The Morgan fingerprint density at radius 3 is 2.08 bits per heavy atom. The number of nitrogens with one attached hydrogen (secondary N) is 2. The summed E-state index contributed by atoms with van der Waals surface area (Å²) in [6, 6.07) is 3.74. The molecular formula is C17H30IN3O3. The molecule has 0 bridgehead atoms. The summed E-state index contributed by atoms with van der Waals surface area (Å²) in [4.78, 5) is 4.49. The van der Waals surface area contributed by atoms with Gasteiger partial charge in [0.05, 0.1) is 21.3 Å². The molecule has 0 saturated carbocycles. The number of benzene rings is 1. The van der Waals surface area contributed by atoms with Crippen molar-refractivity contribution in [1.82, 2.24) is 10.6 Å². The van der Waals surface area contributed by atoms with Gasteiger partial charge in [0.2, 0.25) is 0 Å². The second kappa shape index (κ2) is 13.0. The summed E-state index contributed by atoms with van der Waals surface area (Å²) < 4.78 is 16.2. The molecule has 0 radical (unpaired) electrons. The summed E-state index contributed by atoms with van der Waals surface area (Å²) in [5, 5.41) is 6.57. The van der Waals surface area contributed by atoms with E-state index in [0.29, 0.717) is 5.75 Å². The molecule has 138 valence electrons. The maximum absolute atomic E-state index is 5.47. The number of rotatable bonds is 9. The average molecular weight is 451 g/mol. The molecular weight excluding hydrogens is 421 g/mol. The Balaban J connectivity index is 0.00000529. The third-order valence-electron chi connectivity index (χ3n) is 3.32. The molecule has 0 spiro atoms. The zero-order valence-electron chi connectivity index (χ0n) is 15.3. The van der Waals surface area contributed by atoms with Crippen LogP contribution in [0.1, 0.15) is 25.8 Å². The van der Waals surface area contributed by atoms with Crippen LogP contribution in [0.5, 0.6) is 17.2 Å². The van der Waals surface area contributed by atoms with Crippen LogP contribution in [0, 0.1) is 0 Å². The molecule has 0 aromatic heterocycles. The van der Waals surface area contributed by atoms with Gasteiger partial charge in [-0.25, -0.2) is 0 Å². The SMILES string of the molecule is CCCN=C(NCC)NCCc1c(OC)cc(OC)cc1OC.I. The number of hydrogen-bond acceptors (Lipinski definition) is 4. The number of hydrogen-bond donors (Lipinski definition) is 2. The summed E-state index contributed by atoms with van der Waals surface area (Å²) in [6.45, 7) is 6.54. The van der Waals surface area contributed by atoms with Gasteiger partial charge in [0.1, 0.15) is 17.2 Å². The summed E-state index contributed by atoms with van der Waals surface area (Å²) >= 11 is 0. The molecule has 24 heavy (non-hydrogen) atoms.